The van der Waals surface area contributed by atoms with Gasteiger partial charge in [-0.2, -0.15) is 0 Å². The molecule has 0 atom stereocenters. The number of hydrogen-bond acceptors (Lipinski definition) is 3. The van der Waals surface area contributed by atoms with Crippen molar-refractivity contribution < 1.29 is 0 Å². The molecule has 0 bridgehead atoms. The molecule has 0 spiro atoms. The summed E-state index contributed by atoms with van der Waals surface area (Å²) in [6.45, 7) is 0. The molecule has 0 unspecified atom stereocenters. The second kappa shape index (κ2) is 4.58. The quantitative estimate of drug-likeness (QED) is 0.662. The summed E-state index contributed by atoms with van der Waals surface area (Å²) < 4.78 is 1.82. The Morgan fingerprint density at radius 3 is 2.61 bits per heavy atom. The van der Waals surface area contributed by atoms with Crippen molar-refractivity contribution in [2.24, 2.45) is 0 Å². The molecule has 4 nitrogen and oxygen atoms in total. The van der Waals surface area contributed by atoms with Crippen LogP contribution in [-0.4, -0.2) is 19.5 Å². The van der Waals surface area contributed by atoms with Crippen molar-refractivity contribution in [2.75, 3.05) is 0 Å². The summed E-state index contributed by atoms with van der Waals surface area (Å²) in [5, 5.41) is 0.412. The molecule has 18 heavy (non-hydrogen) atoms. The lowest BCUT2D eigenvalue weighted by molar-refractivity contribution is 0.971. The Morgan fingerprint density at radius 1 is 1.00 bits per heavy atom. The van der Waals surface area contributed by atoms with E-state index in [1.54, 1.807) is 12.4 Å². The molecule has 0 aliphatic rings. The monoisotopic (exact) mass is 256 g/mol. The SMILES string of the molecule is Clc1cc(-n2cnc(-c3ccccc3)c2)ncn1. The van der Waals surface area contributed by atoms with E-state index in [1.807, 2.05) is 41.1 Å². The fraction of sp³-hybridized carbons (Fsp3) is 0. The maximum atomic E-state index is 5.83. The Hall–Kier alpha value is -2.20. The molecule has 3 aromatic rings. The molecule has 3 rings (SSSR count). The molecule has 0 fully saturated rings. The number of rotatable bonds is 2. The van der Waals surface area contributed by atoms with E-state index in [0.717, 1.165) is 11.3 Å². The Labute approximate surface area is 109 Å². The minimum absolute atomic E-state index is 0.412. The van der Waals surface area contributed by atoms with Crippen molar-refractivity contribution >= 4 is 11.6 Å². The van der Waals surface area contributed by atoms with Crippen LogP contribution in [-0.2, 0) is 0 Å². The molecule has 2 heterocycles. The first-order valence-electron chi connectivity index (χ1n) is 5.40. The summed E-state index contributed by atoms with van der Waals surface area (Å²) in [6.07, 6.45) is 5.05. The van der Waals surface area contributed by atoms with Gasteiger partial charge in [-0.1, -0.05) is 41.9 Å². The highest BCUT2D eigenvalue weighted by Crippen LogP contribution is 2.18. The van der Waals surface area contributed by atoms with Crippen LogP contribution >= 0.6 is 11.6 Å². The van der Waals surface area contributed by atoms with Gasteiger partial charge in [0.1, 0.15) is 23.6 Å². The van der Waals surface area contributed by atoms with E-state index in [-0.39, 0.29) is 0 Å². The molecular formula is C13H9ClN4. The lowest BCUT2D eigenvalue weighted by Gasteiger charge is -1.99. The first-order chi connectivity index (χ1) is 8.83. The molecule has 0 radical (unpaired) electrons. The van der Waals surface area contributed by atoms with Crippen molar-refractivity contribution in [1.29, 1.82) is 0 Å². The van der Waals surface area contributed by atoms with E-state index in [1.165, 1.54) is 6.33 Å². The van der Waals surface area contributed by atoms with Crippen LogP contribution in [0, 0.1) is 0 Å². The molecule has 88 valence electrons. The Bertz CT molecular complexity index is 664. The number of imidazole rings is 1. The zero-order valence-electron chi connectivity index (χ0n) is 9.36. The summed E-state index contributed by atoms with van der Waals surface area (Å²) in [6, 6.07) is 11.7. The van der Waals surface area contributed by atoms with Gasteiger partial charge < -0.3 is 0 Å². The van der Waals surface area contributed by atoms with Gasteiger partial charge in [0.2, 0.25) is 0 Å². The van der Waals surface area contributed by atoms with Crippen LogP contribution in [0.4, 0.5) is 0 Å². The maximum absolute atomic E-state index is 5.83. The molecule has 1 aromatic carbocycles. The van der Waals surface area contributed by atoms with Gasteiger partial charge in [-0.15, -0.1) is 0 Å². The molecule has 0 N–H and O–H groups in total. The lowest BCUT2D eigenvalue weighted by atomic mass is 10.2. The van der Waals surface area contributed by atoms with E-state index in [2.05, 4.69) is 15.0 Å². The molecule has 0 aliphatic carbocycles. The number of aromatic nitrogens is 4. The van der Waals surface area contributed by atoms with Crippen molar-refractivity contribution in [3.8, 4) is 17.1 Å². The van der Waals surface area contributed by atoms with Gasteiger partial charge >= 0.3 is 0 Å². The van der Waals surface area contributed by atoms with Crippen LogP contribution in [0.3, 0.4) is 0 Å². The normalized spacial score (nSPS) is 10.5. The third-order valence-electron chi connectivity index (χ3n) is 2.54. The summed E-state index contributed by atoms with van der Waals surface area (Å²) >= 11 is 5.83. The number of hydrogen-bond donors (Lipinski definition) is 0. The van der Waals surface area contributed by atoms with Crippen LogP contribution in [0.15, 0.2) is 55.2 Å². The fourth-order valence-electron chi connectivity index (χ4n) is 1.67. The molecule has 0 saturated carbocycles. The van der Waals surface area contributed by atoms with Gasteiger partial charge in [0.25, 0.3) is 0 Å². The zero-order chi connectivity index (χ0) is 12.4. The fourth-order valence-corrected chi connectivity index (χ4v) is 1.81. The second-order valence-corrected chi connectivity index (χ2v) is 4.12. The lowest BCUT2D eigenvalue weighted by Crippen LogP contribution is -1.94. The molecule has 5 heteroatoms. The minimum atomic E-state index is 0.412. The highest BCUT2D eigenvalue weighted by Gasteiger charge is 2.04. The summed E-state index contributed by atoms with van der Waals surface area (Å²) in [5.41, 5.74) is 1.96. The van der Waals surface area contributed by atoms with E-state index < -0.39 is 0 Å². The Balaban J connectivity index is 2.00. The number of nitrogens with zero attached hydrogens (tertiary/aromatic N) is 4. The largest absolute Gasteiger partial charge is 0.290 e. The Kier molecular flexibility index (Phi) is 2.78. The van der Waals surface area contributed by atoms with Crippen LogP contribution in [0.25, 0.3) is 17.1 Å². The van der Waals surface area contributed by atoms with E-state index in [4.69, 9.17) is 11.6 Å². The topological polar surface area (TPSA) is 43.6 Å². The van der Waals surface area contributed by atoms with Crippen LogP contribution in [0.5, 0.6) is 0 Å². The third-order valence-corrected chi connectivity index (χ3v) is 2.74. The van der Waals surface area contributed by atoms with Crippen molar-refractivity contribution in [1.82, 2.24) is 19.5 Å². The minimum Gasteiger partial charge on any atom is -0.290 e. The average molecular weight is 257 g/mol. The van der Waals surface area contributed by atoms with Crippen molar-refractivity contribution in [3.63, 3.8) is 0 Å². The smallest absolute Gasteiger partial charge is 0.142 e. The molecule has 2 aromatic heterocycles. The summed E-state index contributed by atoms with van der Waals surface area (Å²) in [5.74, 6) is 0.699. The van der Waals surface area contributed by atoms with Gasteiger partial charge in [0.05, 0.1) is 5.69 Å². The maximum Gasteiger partial charge on any atom is 0.142 e. The first-order valence-corrected chi connectivity index (χ1v) is 5.78. The molecule has 0 amide bonds. The Morgan fingerprint density at radius 2 is 1.83 bits per heavy atom. The van der Waals surface area contributed by atoms with Gasteiger partial charge in [-0.05, 0) is 0 Å². The van der Waals surface area contributed by atoms with E-state index in [9.17, 15) is 0 Å². The van der Waals surface area contributed by atoms with Crippen LogP contribution in [0.1, 0.15) is 0 Å². The molecule has 0 saturated heterocycles. The van der Waals surface area contributed by atoms with Gasteiger partial charge in [0.15, 0.2) is 0 Å². The highest BCUT2D eigenvalue weighted by molar-refractivity contribution is 6.29. The van der Waals surface area contributed by atoms with E-state index in [0.29, 0.717) is 11.0 Å². The predicted octanol–water partition coefficient (Wildman–Crippen LogP) is 2.98. The molecular weight excluding hydrogens is 248 g/mol. The molecule has 0 aliphatic heterocycles. The predicted molar refractivity (Wildman–Crippen MR) is 69.6 cm³/mol. The van der Waals surface area contributed by atoms with E-state index >= 15 is 0 Å². The number of halogens is 1. The van der Waals surface area contributed by atoms with Gasteiger partial charge in [0, 0.05) is 17.8 Å². The third kappa shape index (κ3) is 2.10. The van der Waals surface area contributed by atoms with Gasteiger partial charge in [-0.3, -0.25) is 4.57 Å². The standard InChI is InChI=1S/C13H9ClN4/c14-12-6-13(16-8-15-12)18-7-11(17-9-18)10-4-2-1-3-5-10/h1-9H. The van der Waals surface area contributed by atoms with Crippen molar-refractivity contribution in [3.05, 3.63) is 60.4 Å². The second-order valence-electron chi connectivity index (χ2n) is 3.73. The number of benzene rings is 1. The van der Waals surface area contributed by atoms with Crippen LogP contribution in [0.2, 0.25) is 5.15 Å². The summed E-state index contributed by atoms with van der Waals surface area (Å²) in [4.78, 5) is 12.3. The zero-order valence-corrected chi connectivity index (χ0v) is 10.1. The summed E-state index contributed by atoms with van der Waals surface area (Å²) in [7, 11) is 0. The van der Waals surface area contributed by atoms with Crippen molar-refractivity contribution in [2.45, 2.75) is 0 Å². The highest BCUT2D eigenvalue weighted by atomic mass is 35.5. The first kappa shape index (κ1) is 10.9. The van der Waals surface area contributed by atoms with Crippen LogP contribution < -0.4 is 0 Å². The van der Waals surface area contributed by atoms with Gasteiger partial charge in [-0.25, -0.2) is 15.0 Å². The average Bonchev–Trinajstić information content (AvgIpc) is 2.89.